The third kappa shape index (κ3) is 29.6. The Labute approximate surface area is 275 Å². The van der Waals surface area contributed by atoms with Crippen molar-refractivity contribution >= 4 is 23.1 Å². The predicted octanol–water partition coefficient (Wildman–Crippen LogP) is 3.89. The van der Waals surface area contributed by atoms with Crippen LogP contribution in [-0.2, 0) is 19.2 Å². The molecule has 0 heterocycles. The molecule has 0 aliphatic rings. The smallest absolute Gasteiger partial charge is 0.135 e. The molecule has 0 aromatic heterocycles. The number of hydrogen-bond acceptors (Lipinski definition) is 10. The molecular weight excluding hydrogens is 568 g/mol. The van der Waals surface area contributed by atoms with E-state index in [1.54, 1.807) is 0 Å². The molecule has 0 saturated carbocycles. The maximum absolute atomic E-state index is 12.1. The maximum atomic E-state index is 12.1. The molecule has 0 aromatic carbocycles. The van der Waals surface area contributed by atoms with Crippen LogP contribution in [0, 0.1) is 0 Å². The Balaban J connectivity index is 4.06. The van der Waals surface area contributed by atoms with Gasteiger partial charge in [-0.3, -0.25) is 19.2 Å². The fourth-order valence-electron chi connectivity index (χ4n) is 5.48. The van der Waals surface area contributed by atoms with Crippen molar-refractivity contribution in [3.05, 3.63) is 0 Å². The van der Waals surface area contributed by atoms with E-state index < -0.39 is 0 Å². The van der Waals surface area contributed by atoms with E-state index in [-0.39, 0.29) is 23.1 Å². The van der Waals surface area contributed by atoms with Crippen molar-refractivity contribution in [2.24, 2.45) is 22.9 Å². The summed E-state index contributed by atoms with van der Waals surface area (Å²) in [6.07, 6.45) is 18.9. The Morgan fingerprint density at radius 2 is 0.556 bits per heavy atom. The number of hydrogen-bond donors (Lipinski definition) is 4. The number of ketones is 4. The summed E-state index contributed by atoms with van der Waals surface area (Å²) in [5, 5.41) is 0. The molecule has 0 aliphatic heterocycles. The van der Waals surface area contributed by atoms with Crippen LogP contribution in [0.4, 0.5) is 0 Å². The lowest BCUT2D eigenvalue weighted by molar-refractivity contribution is -0.121. The quantitative estimate of drug-likeness (QED) is 0.0736. The van der Waals surface area contributed by atoms with E-state index in [2.05, 4.69) is 9.80 Å². The largest absolute Gasteiger partial charge is 0.330 e. The van der Waals surface area contributed by atoms with Gasteiger partial charge in [-0.05, 0) is 65.0 Å². The first kappa shape index (κ1) is 43.4. The zero-order valence-electron chi connectivity index (χ0n) is 28.8. The van der Waals surface area contributed by atoms with Crippen molar-refractivity contribution in [1.29, 1.82) is 0 Å². The summed E-state index contributed by atoms with van der Waals surface area (Å²) in [7, 11) is 0. The summed E-state index contributed by atoms with van der Waals surface area (Å²) in [5.41, 5.74) is 22.1. The minimum Gasteiger partial charge on any atom is -0.330 e. The molecule has 45 heavy (non-hydrogen) atoms. The molecule has 264 valence electrons. The summed E-state index contributed by atoms with van der Waals surface area (Å²) < 4.78 is 0. The van der Waals surface area contributed by atoms with Crippen molar-refractivity contribution in [3.8, 4) is 0 Å². The molecule has 0 atom stereocenters. The molecule has 0 radical (unpaired) electrons. The van der Waals surface area contributed by atoms with E-state index in [4.69, 9.17) is 22.9 Å². The first-order valence-corrected chi connectivity index (χ1v) is 18.2. The van der Waals surface area contributed by atoms with Crippen LogP contribution in [0.1, 0.15) is 135 Å². The molecule has 0 unspecified atom stereocenters. The second-order valence-electron chi connectivity index (χ2n) is 12.6. The van der Waals surface area contributed by atoms with Crippen LogP contribution in [0.2, 0.25) is 0 Å². The number of carbonyl (C=O) groups excluding carboxylic acids is 4. The third-order valence-electron chi connectivity index (χ3n) is 8.44. The van der Waals surface area contributed by atoms with E-state index in [9.17, 15) is 19.2 Å². The van der Waals surface area contributed by atoms with Crippen LogP contribution in [0.25, 0.3) is 0 Å². The van der Waals surface area contributed by atoms with Gasteiger partial charge >= 0.3 is 0 Å². The van der Waals surface area contributed by atoms with Gasteiger partial charge < -0.3 is 32.7 Å². The maximum Gasteiger partial charge on any atom is 0.135 e. The number of unbranched alkanes of at least 4 members (excludes halogenated alkanes) is 10. The molecule has 0 amide bonds. The lowest BCUT2D eigenvalue weighted by Crippen LogP contribution is -2.30. The minimum atomic E-state index is 0.202. The highest BCUT2D eigenvalue weighted by Gasteiger charge is 2.12. The molecule has 0 fully saturated rings. The van der Waals surface area contributed by atoms with Gasteiger partial charge in [-0.2, -0.15) is 0 Å². The summed E-state index contributed by atoms with van der Waals surface area (Å²) in [5.74, 6) is 0.922. The van der Waals surface area contributed by atoms with Crippen molar-refractivity contribution in [3.63, 3.8) is 0 Å². The number of nitrogens with zero attached hydrogens (tertiary/aromatic N) is 2. The molecule has 0 spiro atoms. The van der Waals surface area contributed by atoms with Gasteiger partial charge in [0.25, 0.3) is 0 Å². The Hall–Kier alpha value is -1.56. The van der Waals surface area contributed by atoms with Crippen LogP contribution < -0.4 is 22.9 Å². The van der Waals surface area contributed by atoms with Gasteiger partial charge in [-0.25, -0.2) is 0 Å². The minimum absolute atomic E-state index is 0.202. The van der Waals surface area contributed by atoms with Gasteiger partial charge in [0, 0.05) is 77.5 Å². The number of Topliss-reactive ketones (excluding diaryl/α,β-unsaturated/α-hetero) is 4. The van der Waals surface area contributed by atoms with E-state index in [0.717, 1.165) is 51.9 Å². The van der Waals surface area contributed by atoms with Gasteiger partial charge in [0.2, 0.25) is 0 Å². The topological polar surface area (TPSA) is 179 Å². The van der Waals surface area contributed by atoms with E-state index in [1.807, 2.05) is 0 Å². The Bertz CT molecular complexity index is 692. The second-order valence-corrected chi connectivity index (χ2v) is 12.6. The van der Waals surface area contributed by atoms with Crippen LogP contribution in [-0.4, -0.2) is 98.4 Å². The molecule has 0 bridgehead atoms. The SMILES string of the molecule is NCCCC(=O)CCN(CCCCCCCCCCCCCN(CCC(=O)CCN)CCC(=O)CCCN)CCC(=O)CCN. The van der Waals surface area contributed by atoms with Gasteiger partial charge in [-0.15, -0.1) is 0 Å². The zero-order chi connectivity index (χ0) is 33.4. The molecule has 10 heteroatoms. The summed E-state index contributed by atoms with van der Waals surface area (Å²) >= 11 is 0. The van der Waals surface area contributed by atoms with Crippen molar-refractivity contribution < 1.29 is 19.2 Å². The molecule has 0 aliphatic carbocycles. The highest BCUT2D eigenvalue weighted by molar-refractivity contribution is 5.80. The van der Waals surface area contributed by atoms with Crippen molar-refractivity contribution in [2.75, 3.05) is 65.4 Å². The van der Waals surface area contributed by atoms with Gasteiger partial charge in [0.15, 0.2) is 0 Å². The Morgan fingerprint density at radius 1 is 0.289 bits per heavy atom. The van der Waals surface area contributed by atoms with E-state index >= 15 is 0 Å². The standard InChI is InChI=1S/C35H70N6O4/c36-22-12-14-32(42)18-28-40(30-20-34(44)16-24-38)26-10-8-6-4-2-1-3-5-7-9-11-27-41(31-21-35(45)17-25-39)29-19-33(43)15-13-23-37/h1-31,36-39H2. The lowest BCUT2D eigenvalue weighted by Gasteiger charge is -2.22. The van der Waals surface area contributed by atoms with E-state index in [0.29, 0.717) is 90.6 Å². The average Bonchev–Trinajstić information content (AvgIpc) is 3.03. The predicted molar refractivity (Wildman–Crippen MR) is 186 cm³/mol. The monoisotopic (exact) mass is 639 g/mol. The average molecular weight is 639 g/mol. The molecular formula is C35H70N6O4. The Kier molecular flexibility index (Phi) is 31.3. The fourth-order valence-corrected chi connectivity index (χ4v) is 5.48. The molecule has 8 N–H and O–H groups in total. The fraction of sp³-hybridized carbons (Fsp3) is 0.886. The van der Waals surface area contributed by atoms with E-state index in [1.165, 1.54) is 57.8 Å². The van der Waals surface area contributed by atoms with Crippen LogP contribution in [0.3, 0.4) is 0 Å². The third-order valence-corrected chi connectivity index (χ3v) is 8.44. The normalized spacial score (nSPS) is 11.5. The first-order valence-electron chi connectivity index (χ1n) is 18.2. The number of carbonyl (C=O) groups is 4. The number of rotatable bonds is 36. The van der Waals surface area contributed by atoms with Crippen LogP contribution >= 0.6 is 0 Å². The van der Waals surface area contributed by atoms with Crippen molar-refractivity contribution in [1.82, 2.24) is 9.80 Å². The highest BCUT2D eigenvalue weighted by atomic mass is 16.1. The summed E-state index contributed by atoms with van der Waals surface area (Å²) in [4.78, 5) is 52.6. The molecule has 0 rings (SSSR count). The first-order chi connectivity index (χ1) is 21.9. The zero-order valence-corrected chi connectivity index (χ0v) is 28.8. The van der Waals surface area contributed by atoms with Crippen LogP contribution in [0.15, 0.2) is 0 Å². The van der Waals surface area contributed by atoms with Gasteiger partial charge in [0.05, 0.1) is 0 Å². The van der Waals surface area contributed by atoms with Gasteiger partial charge in [0.1, 0.15) is 23.1 Å². The molecule has 0 saturated heterocycles. The number of nitrogens with two attached hydrogens (primary N) is 4. The summed E-state index contributed by atoms with van der Waals surface area (Å²) in [6.45, 7) is 6.64. The Morgan fingerprint density at radius 3 is 0.822 bits per heavy atom. The van der Waals surface area contributed by atoms with Gasteiger partial charge in [-0.1, -0.05) is 57.8 Å². The van der Waals surface area contributed by atoms with Crippen molar-refractivity contribution in [2.45, 2.75) is 135 Å². The highest BCUT2D eigenvalue weighted by Crippen LogP contribution is 2.13. The summed E-state index contributed by atoms with van der Waals surface area (Å²) in [6, 6.07) is 0. The second kappa shape index (κ2) is 32.4. The lowest BCUT2D eigenvalue weighted by atomic mass is 10.1. The molecule has 10 nitrogen and oxygen atoms in total. The van der Waals surface area contributed by atoms with Crippen LogP contribution in [0.5, 0.6) is 0 Å². The molecule has 0 aromatic rings.